The quantitative estimate of drug-likeness (QED) is 0.864. The molecule has 112 valence electrons. The molecule has 2 aliphatic heterocycles. The van der Waals surface area contributed by atoms with Gasteiger partial charge < -0.3 is 10.1 Å². The van der Waals surface area contributed by atoms with E-state index in [0.717, 1.165) is 43.5 Å². The standard InChI is InChI=1S/C18H18N2O2/c21-17-16-15(18(22-17)7-10-19-11-8-18)14(6-9-20-16)12-13-4-2-1-3-5-13/h1-6,9,19H,7-8,10-12H2. The van der Waals surface area contributed by atoms with E-state index < -0.39 is 5.60 Å². The highest BCUT2D eigenvalue weighted by Gasteiger charge is 2.48. The van der Waals surface area contributed by atoms with E-state index in [9.17, 15) is 4.79 Å². The molecule has 1 N–H and O–H groups in total. The molecule has 1 aromatic heterocycles. The molecular formula is C18H18N2O2. The number of fused-ring (bicyclic) bond motifs is 2. The smallest absolute Gasteiger partial charge is 0.358 e. The minimum absolute atomic E-state index is 0.271. The molecule has 0 aliphatic carbocycles. The van der Waals surface area contributed by atoms with Crippen LogP contribution >= 0.6 is 0 Å². The summed E-state index contributed by atoms with van der Waals surface area (Å²) in [4.78, 5) is 16.5. The Bertz CT molecular complexity index is 706. The van der Waals surface area contributed by atoms with Crippen molar-refractivity contribution in [2.75, 3.05) is 13.1 Å². The van der Waals surface area contributed by atoms with Gasteiger partial charge in [-0.1, -0.05) is 30.3 Å². The molecular weight excluding hydrogens is 276 g/mol. The van der Waals surface area contributed by atoms with Crippen molar-refractivity contribution in [1.29, 1.82) is 0 Å². The van der Waals surface area contributed by atoms with Gasteiger partial charge in [-0.3, -0.25) is 0 Å². The van der Waals surface area contributed by atoms with Crippen LogP contribution in [0.5, 0.6) is 0 Å². The number of benzene rings is 1. The lowest BCUT2D eigenvalue weighted by molar-refractivity contribution is -0.0245. The summed E-state index contributed by atoms with van der Waals surface area (Å²) in [7, 11) is 0. The van der Waals surface area contributed by atoms with Crippen molar-refractivity contribution in [3.63, 3.8) is 0 Å². The van der Waals surface area contributed by atoms with Gasteiger partial charge in [0.15, 0.2) is 5.69 Å². The summed E-state index contributed by atoms with van der Waals surface area (Å²) in [6, 6.07) is 12.3. The topological polar surface area (TPSA) is 51.2 Å². The highest BCUT2D eigenvalue weighted by Crippen LogP contribution is 2.44. The monoisotopic (exact) mass is 294 g/mol. The minimum atomic E-state index is -0.476. The second-order valence-electron chi connectivity index (χ2n) is 5.99. The Hall–Kier alpha value is -2.20. The Morgan fingerprint density at radius 1 is 1.14 bits per heavy atom. The SMILES string of the molecule is O=C1OC2(CCNCC2)c2c(Cc3ccccc3)ccnc21. The van der Waals surface area contributed by atoms with Gasteiger partial charge >= 0.3 is 5.97 Å². The van der Waals surface area contributed by atoms with Crippen molar-refractivity contribution >= 4 is 5.97 Å². The molecule has 0 radical (unpaired) electrons. The van der Waals surface area contributed by atoms with Gasteiger partial charge in [-0.25, -0.2) is 9.78 Å². The summed E-state index contributed by atoms with van der Waals surface area (Å²) >= 11 is 0. The van der Waals surface area contributed by atoms with Crippen LogP contribution in [0, 0.1) is 0 Å². The van der Waals surface area contributed by atoms with Crippen molar-refractivity contribution in [2.24, 2.45) is 0 Å². The van der Waals surface area contributed by atoms with Crippen LogP contribution in [0.1, 0.15) is 40.0 Å². The van der Waals surface area contributed by atoms with Gasteiger partial charge in [-0.2, -0.15) is 0 Å². The van der Waals surface area contributed by atoms with Gasteiger partial charge in [0.1, 0.15) is 5.60 Å². The molecule has 1 fully saturated rings. The summed E-state index contributed by atoms with van der Waals surface area (Å²) in [6.07, 6.45) is 4.16. The van der Waals surface area contributed by atoms with Crippen LogP contribution in [0.2, 0.25) is 0 Å². The summed E-state index contributed by atoms with van der Waals surface area (Å²) in [5, 5.41) is 3.34. The lowest BCUT2D eigenvalue weighted by Gasteiger charge is -2.34. The number of hydrogen-bond acceptors (Lipinski definition) is 4. The number of nitrogens with one attached hydrogen (secondary N) is 1. The first-order chi connectivity index (χ1) is 10.8. The molecule has 22 heavy (non-hydrogen) atoms. The van der Waals surface area contributed by atoms with E-state index in [4.69, 9.17) is 4.74 Å². The van der Waals surface area contributed by atoms with Crippen molar-refractivity contribution in [3.8, 4) is 0 Å². The van der Waals surface area contributed by atoms with E-state index >= 15 is 0 Å². The molecule has 4 nitrogen and oxygen atoms in total. The van der Waals surface area contributed by atoms with Gasteiger partial charge in [-0.05, 0) is 36.7 Å². The van der Waals surface area contributed by atoms with Crippen LogP contribution in [0.15, 0.2) is 42.6 Å². The second-order valence-corrected chi connectivity index (χ2v) is 5.99. The molecule has 0 atom stereocenters. The molecule has 3 heterocycles. The van der Waals surface area contributed by atoms with Gasteiger partial charge in [0, 0.05) is 24.6 Å². The predicted octanol–water partition coefficient (Wildman–Crippen LogP) is 2.42. The van der Waals surface area contributed by atoms with Gasteiger partial charge in [-0.15, -0.1) is 0 Å². The number of nitrogens with zero attached hydrogens (tertiary/aromatic N) is 1. The maximum Gasteiger partial charge on any atom is 0.358 e. The van der Waals surface area contributed by atoms with E-state index in [0.29, 0.717) is 5.69 Å². The maximum atomic E-state index is 12.2. The molecule has 0 unspecified atom stereocenters. The van der Waals surface area contributed by atoms with Crippen LogP contribution in [0.25, 0.3) is 0 Å². The Kier molecular flexibility index (Phi) is 3.19. The fourth-order valence-corrected chi connectivity index (χ4v) is 3.59. The van der Waals surface area contributed by atoms with Crippen LogP contribution in [-0.2, 0) is 16.8 Å². The fourth-order valence-electron chi connectivity index (χ4n) is 3.59. The van der Waals surface area contributed by atoms with E-state index in [1.54, 1.807) is 6.20 Å². The summed E-state index contributed by atoms with van der Waals surface area (Å²) in [5.41, 5.74) is 3.44. The molecule has 1 aromatic carbocycles. The van der Waals surface area contributed by atoms with Crippen molar-refractivity contribution < 1.29 is 9.53 Å². The fraction of sp³-hybridized carbons (Fsp3) is 0.333. The number of carbonyl (C=O) groups is 1. The first-order valence-corrected chi connectivity index (χ1v) is 7.75. The zero-order valence-corrected chi connectivity index (χ0v) is 12.3. The first kappa shape index (κ1) is 13.5. The van der Waals surface area contributed by atoms with Gasteiger partial charge in [0.2, 0.25) is 0 Å². The number of aromatic nitrogens is 1. The van der Waals surface area contributed by atoms with Crippen molar-refractivity contribution in [1.82, 2.24) is 10.3 Å². The van der Waals surface area contributed by atoms with Crippen LogP contribution < -0.4 is 5.32 Å². The maximum absolute atomic E-state index is 12.2. The normalized spacial score (nSPS) is 19.0. The van der Waals surface area contributed by atoms with E-state index in [1.807, 2.05) is 24.3 Å². The van der Waals surface area contributed by atoms with Crippen LogP contribution in [0.4, 0.5) is 0 Å². The average Bonchev–Trinajstić information content (AvgIpc) is 2.82. The largest absolute Gasteiger partial charge is 0.449 e. The molecule has 2 aromatic rings. The number of carbonyl (C=O) groups excluding carboxylic acids is 1. The van der Waals surface area contributed by atoms with Crippen molar-refractivity contribution in [2.45, 2.75) is 24.9 Å². The van der Waals surface area contributed by atoms with Crippen molar-refractivity contribution in [3.05, 3.63) is 65.0 Å². The molecule has 2 aliphatic rings. The Balaban J connectivity index is 1.80. The number of ether oxygens (including phenoxy) is 1. The third-order valence-electron chi connectivity index (χ3n) is 4.62. The average molecular weight is 294 g/mol. The molecule has 0 amide bonds. The van der Waals surface area contributed by atoms with E-state index in [1.165, 1.54) is 5.56 Å². The number of rotatable bonds is 2. The Labute approximate surface area is 129 Å². The zero-order valence-electron chi connectivity index (χ0n) is 12.3. The molecule has 1 spiro atoms. The van der Waals surface area contributed by atoms with Gasteiger partial charge in [0.05, 0.1) is 0 Å². The third-order valence-corrected chi connectivity index (χ3v) is 4.62. The number of hydrogen-bond donors (Lipinski definition) is 1. The minimum Gasteiger partial charge on any atom is -0.449 e. The lowest BCUT2D eigenvalue weighted by Crippen LogP contribution is -2.40. The van der Waals surface area contributed by atoms with E-state index in [2.05, 4.69) is 22.4 Å². The molecule has 1 saturated heterocycles. The second kappa shape index (κ2) is 5.21. The number of pyridine rings is 1. The lowest BCUT2D eigenvalue weighted by atomic mass is 9.82. The zero-order chi connectivity index (χ0) is 15.0. The van der Waals surface area contributed by atoms with Crippen LogP contribution in [0.3, 0.4) is 0 Å². The summed E-state index contributed by atoms with van der Waals surface area (Å²) < 4.78 is 5.80. The Morgan fingerprint density at radius 3 is 2.68 bits per heavy atom. The molecule has 4 heteroatoms. The molecule has 0 bridgehead atoms. The molecule has 0 saturated carbocycles. The third kappa shape index (κ3) is 2.11. The highest BCUT2D eigenvalue weighted by molar-refractivity contribution is 5.93. The summed E-state index contributed by atoms with van der Waals surface area (Å²) in [6.45, 7) is 1.73. The predicted molar refractivity (Wildman–Crippen MR) is 82.7 cm³/mol. The number of esters is 1. The van der Waals surface area contributed by atoms with E-state index in [-0.39, 0.29) is 5.97 Å². The first-order valence-electron chi connectivity index (χ1n) is 7.75. The Morgan fingerprint density at radius 2 is 1.91 bits per heavy atom. The van der Waals surface area contributed by atoms with Gasteiger partial charge in [0.25, 0.3) is 0 Å². The molecule has 4 rings (SSSR count). The number of piperidine rings is 1. The van der Waals surface area contributed by atoms with Crippen LogP contribution in [-0.4, -0.2) is 24.0 Å². The highest BCUT2D eigenvalue weighted by atomic mass is 16.6. The summed E-state index contributed by atoms with van der Waals surface area (Å²) in [5.74, 6) is -0.271.